The molecule has 1 aromatic rings. The molecule has 0 spiro atoms. The van der Waals surface area contributed by atoms with Crippen molar-refractivity contribution in [3.05, 3.63) is 35.9 Å². The molecule has 4 atom stereocenters. The van der Waals surface area contributed by atoms with Gasteiger partial charge < -0.3 is 10.6 Å². The molecule has 0 radical (unpaired) electrons. The second-order valence-electron chi connectivity index (χ2n) is 6.56. The third-order valence-corrected chi connectivity index (χ3v) is 5.20. The van der Waals surface area contributed by atoms with Crippen LogP contribution in [-0.2, 0) is 0 Å². The molecule has 3 unspecified atom stereocenters. The predicted molar refractivity (Wildman–Crippen MR) is 84.8 cm³/mol. The van der Waals surface area contributed by atoms with Gasteiger partial charge in [-0.25, -0.2) is 0 Å². The summed E-state index contributed by atoms with van der Waals surface area (Å²) < 4.78 is 0. The maximum Gasteiger partial charge on any atom is 0.0294 e. The van der Waals surface area contributed by atoms with Crippen molar-refractivity contribution in [1.82, 2.24) is 10.6 Å². The highest BCUT2D eigenvalue weighted by molar-refractivity contribution is 5.18. The number of piperidine rings is 1. The fourth-order valence-corrected chi connectivity index (χ4v) is 4.08. The largest absolute Gasteiger partial charge is 0.314 e. The summed E-state index contributed by atoms with van der Waals surface area (Å²) in [4.78, 5) is 0. The SMILES string of the molecule is C[C@H](NC1CCCC1C1CCCCN1)c1ccccc1. The van der Waals surface area contributed by atoms with Gasteiger partial charge in [0.25, 0.3) is 0 Å². The molecule has 2 fully saturated rings. The van der Waals surface area contributed by atoms with E-state index in [1.807, 2.05) is 0 Å². The molecular formula is C18H28N2. The molecule has 110 valence electrons. The molecule has 1 saturated heterocycles. The lowest BCUT2D eigenvalue weighted by molar-refractivity contribution is 0.248. The Labute approximate surface area is 123 Å². The summed E-state index contributed by atoms with van der Waals surface area (Å²) in [5.41, 5.74) is 1.41. The second-order valence-corrected chi connectivity index (χ2v) is 6.56. The van der Waals surface area contributed by atoms with Gasteiger partial charge in [0.15, 0.2) is 0 Å². The lowest BCUT2D eigenvalue weighted by Gasteiger charge is -2.34. The zero-order valence-electron chi connectivity index (χ0n) is 12.6. The van der Waals surface area contributed by atoms with E-state index in [9.17, 15) is 0 Å². The summed E-state index contributed by atoms with van der Waals surface area (Å²) in [7, 11) is 0. The third-order valence-electron chi connectivity index (χ3n) is 5.20. The number of rotatable bonds is 4. The first-order chi connectivity index (χ1) is 9.84. The molecule has 2 aliphatic rings. The van der Waals surface area contributed by atoms with Gasteiger partial charge in [-0.05, 0) is 50.6 Å². The van der Waals surface area contributed by atoms with E-state index in [0.717, 1.165) is 12.0 Å². The molecule has 2 nitrogen and oxygen atoms in total. The Morgan fingerprint density at radius 3 is 2.65 bits per heavy atom. The predicted octanol–water partition coefficient (Wildman–Crippen LogP) is 3.65. The van der Waals surface area contributed by atoms with Crippen LogP contribution in [0.25, 0.3) is 0 Å². The van der Waals surface area contributed by atoms with Crippen LogP contribution >= 0.6 is 0 Å². The Morgan fingerprint density at radius 2 is 1.90 bits per heavy atom. The first kappa shape index (κ1) is 14.1. The fraction of sp³-hybridized carbons (Fsp3) is 0.667. The van der Waals surface area contributed by atoms with Crippen LogP contribution in [0.5, 0.6) is 0 Å². The van der Waals surface area contributed by atoms with Crippen molar-refractivity contribution in [2.24, 2.45) is 5.92 Å². The van der Waals surface area contributed by atoms with Gasteiger partial charge in [0.05, 0.1) is 0 Å². The highest BCUT2D eigenvalue weighted by Gasteiger charge is 2.34. The van der Waals surface area contributed by atoms with Crippen molar-refractivity contribution in [2.75, 3.05) is 6.54 Å². The summed E-state index contributed by atoms with van der Waals surface area (Å²) in [6.45, 7) is 3.53. The fourth-order valence-electron chi connectivity index (χ4n) is 4.08. The van der Waals surface area contributed by atoms with Gasteiger partial charge in [0.2, 0.25) is 0 Å². The van der Waals surface area contributed by atoms with Crippen LogP contribution in [0.4, 0.5) is 0 Å². The van der Waals surface area contributed by atoms with E-state index in [4.69, 9.17) is 0 Å². The van der Waals surface area contributed by atoms with Gasteiger partial charge >= 0.3 is 0 Å². The average molecular weight is 272 g/mol. The number of hydrogen-bond donors (Lipinski definition) is 2. The minimum Gasteiger partial charge on any atom is -0.314 e. The molecule has 0 bridgehead atoms. The molecule has 2 N–H and O–H groups in total. The average Bonchev–Trinajstić information content (AvgIpc) is 2.97. The van der Waals surface area contributed by atoms with Gasteiger partial charge in [-0.1, -0.05) is 43.2 Å². The van der Waals surface area contributed by atoms with Crippen LogP contribution < -0.4 is 10.6 Å². The van der Waals surface area contributed by atoms with Crippen molar-refractivity contribution < 1.29 is 0 Å². The lowest BCUT2D eigenvalue weighted by Crippen LogP contribution is -2.47. The van der Waals surface area contributed by atoms with Gasteiger partial charge in [0.1, 0.15) is 0 Å². The zero-order chi connectivity index (χ0) is 13.8. The molecule has 1 saturated carbocycles. The van der Waals surface area contributed by atoms with Crippen molar-refractivity contribution in [1.29, 1.82) is 0 Å². The van der Waals surface area contributed by atoms with E-state index in [1.54, 1.807) is 0 Å². The smallest absolute Gasteiger partial charge is 0.0294 e. The van der Waals surface area contributed by atoms with Crippen LogP contribution in [0, 0.1) is 5.92 Å². The van der Waals surface area contributed by atoms with E-state index < -0.39 is 0 Å². The second kappa shape index (κ2) is 6.73. The van der Waals surface area contributed by atoms with E-state index in [1.165, 1.54) is 50.6 Å². The van der Waals surface area contributed by atoms with Crippen molar-refractivity contribution in [3.8, 4) is 0 Å². The van der Waals surface area contributed by atoms with Gasteiger partial charge in [0, 0.05) is 18.1 Å². The third kappa shape index (κ3) is 3.24. The summed E-state index contributed by atoms with van der Waals surface area (Å²) in [6, 6.07) is 12.8. The van der Waals surface area contributed by atoms with E-state index >= 15 is 0 Å². The first-order valence-electron chi connectivity index (χ1n) is 8.39. The van der Waals surface area contributed by atoms with E-state index in [2.05, 4.69) is 47.9 Å². The van der Waals surface area contributed by atoms with Crippen LogP contribution in [0.3, 0.4) is 0 Å². The maximum absolute atomic E-state index is 3.90. The van der Waals surface area contributed by atoms with Crippen LogP contribution in [0.15, 0.2) is 30.3 Å². The van der Waals surface area contributed by atoms with Gasteiger partial charge in [-0.3, -0.25) is 0 Å². The molecule has 1 aliphatic heterocycles. The van der Waals surface area contributed by atoms with Crippen LogP contribution in [0.2, 0.25) is 0 Å². The normalized spacial score (nSPS) is 32.1. The molecule has 1 aromatic carbocycles. The maximum atomic E-state index is 3.90. The van der Waals surface area contributed by atoms with Crippen molar-refractivity contribution >= 4 is 0 Å². The highest BCUT2D eigenvalue weighted by atomic mass is 15.0. The zero-order valence-corrected chi connectivity index (χ0v) is 12.6. The minimum atomic E-state index is 0.463. The molecule has 20 heavy (non-hydrogen) atoms. The highest BCUT2D eigenvalue weighted by Crippen LogP contribution is 2.33. The number of nitrogens with one attached hydrogen (secondary N) is 2. The van der Waals surface area contributed by atoms with E-state index in [-0.39, 0.29) is 0 Å². The summed E-state index contributed by atoms with van der Waals surface area (Å²) in [5, 5.41) is 7.67. The quantitative estimate of drug-likeness (QED) is 0.874. The Kier molecular flexibility index (Phi) is 4.74. The molecule has 0 amide bonds. The Hall–Kier alpha value is -0.860. The first-order valence-corrected chi connectivity index (χ1v) is 8.39. The Morgan fingerprint density at radius 1 is 1.05 bits per heavy atom. The molecule has 3 rings (SSSR count). The summed E-state index contributed by atoms with van der Waals surface area (Å²) in [6.07, 6.45) is 8.29. The Bertz CT molecular complexity index is 397. The van der Waals surface area contributed by atoms with Crippen LogP contribution in [-0.4, -0.2) is 18.6 Å². The van der Waals surface area contributed by atoms with Gasteiger partial charge in [-0.2, -0.15) is 0 Å². The van der Waals surface area contributed by atoms with Crippen molar-refractivity contribution in [2.45, 2.75) is 63.6 Å². The molecule has 1 aliphatic carbocycles. The number of benzene rings is 1. The molecule has 2 heteroatoms. The van der Waals surface area contributed by atoms with Gasteiger partial charge in [-0.15, -0.1) is 0 Å². The topological polar surface area (TPSA) is 24.1 Å². The molecule has 0 aromatic heterocycles. The molecule has 1 heterocycles. The van der Waals surface area contributed by atoms with Crippen molar-refractivity contribution in [3.63, 3.8) is 0 Å². The summed E-state index contributed by atoms with van der Waals surface area (Å²) in [5.74, 6) is 0.835. The number of hydrogen-bond acceptors (Lipinski definition) is 2. The standard InChI is InChI=1S/C18H28N2/c1-14(15-8-3-2-4-9-15)20-18-12-7-10-16(18)17-11-5-6-13-19-17/h2-4,8-9,14,16-20H,5-7,10-13H2,1H3/t14-,16?,17?,18?/m0/s1. The Balaban J connectivity index is 1.61. The van der Waals surface area contributed by atoms with Crippen LogP contribution in [0.1, 0.15) is 57.1 Å². The molecular weight excluding hydrogens is 244 g/mol. The summed E-state index contributed by atoms with van der Waals surface area (Å²) >= 11 is 0. The van der Waals surface area contributed by atoms with E-state index in [0.29, 0.717) is 12.1 Å². The lowest BCUT2D eigenvalue weighted by atomic mass is 9.88. The monoisotopic (exact) mass is 272 g/mol. The minimum absolute atomic E-state index is 0.463.